The molecule has 4 aromatic rings. The van der Waals surface area contributed by atoms with E-state index in [1.54, 1.807) is 42.2 Å². The number of ether oxygens (including phenoxy) is 3. The molecule has 1 aromatic carbocycles. The van der Waals surface area contributed by atoms with E-state index in [4.69, 9.17) is 14.2 Å². The lowest BCUT2D eigenvalue weighted by Gasteiger charge is -2.21. The Morgan fingerprint density at radius 1 is 1.00 bits per heavy atom. The van der Waals surface area contributed by atoms with Gasteiger partial charge in [0.25, 0.3) is 0 Å². The molecule has 3 aromatic heterocycles. The van der Waals surface area contributed by atoms with E-state index < -0.39 is 21.4 Å². The van der Waals surface area contributed by atoms with Crippen molar-refractivity contribution < 1.29 is 27.7 Å². The second kappa shape index (κ2) is 10.4. The zero-order valence-corrected chi connectivity index (χ0v) is 21.5. The van der Waals surface area contributed by atoms with E-state index in [0.717, 1.165) is 0 Å². The number of aromatic nitrogens is 7. The third-order valence-electron chi connectivity index (χ3n) is 5.56. The topological polar surface area (TPSA) is 168 Å². The van der Waals surface area contributed by atoms with E-state index in [9.17, 15) is 13.5 Å². The van der Waals surface area contributed by atoms with Crippen molar-refractivity contribution >= 4 is 16.0 Å². The third-order valence-corrected chi connectivity index (χ3v) is 7.26. The average molecular weight is 531 g/mol. The summed E-state index contributed by atoms with van der Waals surface area (Å²) in [6.07, 6.45) is 2.75. The molecule has 37 heavy (non-hydrogen) atoms. The fourth-order valence-corrected chi connectivity index (χ4v) is 4.58. The number of para-hydroxylation sites is 1. The van der Waals surface area contributed by atoms with Gasteiger partial charge in [-0.25, -0.2) is 13.4 Å². The molecule has 0 bridgehead atoms. The number of hydrogen-bond donors (Lipinski definition) is 2. The summed E-state index contributed by atoms with van der Waals surface area (Å²) in [5.74, 6) is 1.04. The van der Waals surface area contributed by atoms with Crippen LogP contribution in [0.4, 0.5) is 5.95 Å². The number of aliphatic hydroxyl groups is 1. The fraction of sp³-hybridized carbons (Fsp3) is 0.318. The predicted molar refractivity (Wildman–Crippen MR) is 132 cm³/mol. The lowest BCUT2D eigenvalue weighted by Crippen LogP contribution is -2.32. The Kier molecular flexibility index (Phi) is 7.26. The highest BCUT2D eigenvalue weighted by atomic mass is 32.2. The first-order valence-electron chi connectivity index (χ1n) is 10.9. The largest absolute Gasteiger partial charge is 0.494 e. The van der Waals surface area contributed by atoms with Gasteiger partial charge < -0.3 is 19.3 Å². The Bertz CT molecular complexity index is 1460. The highest BCUT2D eigenvalue weighted by Gasteiger charge is 2.33. The van der Waals surface area contributed by atoms with Crippen molar-refractivity contribution in [2.24, 2.45) is 7.05 Å². The molecule has 0 aliphatic rings. The molecule has 0 unspecified atom stereocenters. The van der Waals surface area contributed by atoms with Gasteiger partial charge in [-0.05, 0) is 25.1 Å². The normalized spacial score (nSPS) is 13.1. The van der Waals surface area contributed by atoms with Crippen molar-refractivity contribution in [2.45, 2.75) is 18.3 Å². The maximum absolute atomic E-state index is 13.4. The van der Waals surface area contributed by atoms with Gasteiger partial charge >= 0.3 is 0 Å². The number of anilines is 1. The van der Waals surface area contributed by atoms with Crippen LogP contribution >= 0.6 is 0 Å². The van der Waals surface area contributed by atoms with Gasteiger partial charge in [0, 0.05) is 13.2 Å². The summed E-state index contributed by atoms with van der Waals surface area (Å²) in [5.41, 5.74) is 0.834. The molecule has 3 heterocycles. The smallest absolute Gasteiger partial charge is 0.243 e. The molecule has 0 spiro atoms. The molecule has 196 valence electrons. The fourth-order valence-electron chi connectivity index (χ4n) is 3.53. The lowest BCUT2D eigenvalue weighted by molar-refractivity contribution is 0.170. The molecular formula is C22H26N8O6S. The summed E-state index contributed by atoms with van der Waals surface area (Å²) in [6, 6.07) is 6.81. The number of nitrogens with one attached hydrogen (secondary N) is 1. The third kappa shape index (κ3) is 5.03. The van der Waals surface area contributed by atoms with Crippen LogP contribution in [0.2, 0.25) is 0 Å². The number of sulfonamides is 1. The van der Waals surface area contributed by atoms with Crippen molar-refractivity contribution in [3.63, 3.8) is 0 Å². The number of rotatable bonds is 10. The molecule has 15 heteroatoms. The molecular weight excluding hydrogens is 504 g/mol. The maximum Gasteiger partial charge on any atom is 0.243 e. The Morgan fingerprint density at radius 2 is 1.70 bits per heavy atom. The number of hydrogen-bond acceptors (Lipinski definition) is 11. The van der Waals surface area contributed by atoms with Crippen LogP contribution in [-0.4, -0.2) is 74.6 Å². The van der Waals surface area contributed by atoms with Gasteiger partial charge in [0.15, 0.2) is 5.82 Å². The lowest BCUT2D eigenvalue weighted by atomic mass is 10.2. The Balaban J connectivity index is 1.79. The van der Waals surface area contributed by atoms with E-state index in [1.807, 2.05) is 0 Å². The van der Waals surface area contributed by atoms with E-state index in [2.05, 4.69) is 30.0 Å². The zero-order chi connectivity index (χ0) is 26.7. The maximum atomic E-state index is 13.4. The summed E-state index contributed by atoms with van der Waals surface area (Å²) < 4.78 is 48.2. The van der Waals surface area contributed by atoms with Gasteiger partial charge in [-0.3, -0.25) is 19.0 Å². The molecule has 0 fully saturated rings. The van der Waals surface area contributed by atoms with Crippen LogP contribution in [0.15, 0.2) is 42.9 Å². The zero-order valence-electron chi connectivity index (χ0n) is 20.7. The molecule has 0 amide bonds. The second-order valence-electron chi connectivity index (χ2n) is 7.85. The van der Waals surface area contributed by atoms with Crippen LogP contribution in [0.3, 0.4) is 0 Å². The highest BCUT2D eigenvalue weighted by molar-refractivity contribution is 7.93. The van der Waals surface area contributed by atoms with Crippen molar-refractivity contribution in [2.75, 3.05) is 26.1 Å². The van der Waals surface area contributed by atoms with Crippen molar-refractivity contribution in [1.29, 1.82) is 0 Å². The standard InChI is InChI=1S/C22H26N8O6S/c1-13(20(31)15-11-24-18(36-5)12-23-15)37(32,33)28-22-26-25-21(14-9-10-29(2)27-14)30(22)19-16(34-3)7-6-8-17(19)35-4/h6-13,20,31H,1-5H3,(H,26,28)/t13-,20-/m1/s1. The van der Waals surface area contributed by atoms with Crippen LogP contribution in [0.1, 0.15) is 18.7 Å². The van der Waals surface area contributed by atoms with Gasteiger partial charge in [0.05, 0.1) is 39.4 Å². The molecule has 0 saturated heterocycles. The molecule has 0 aliphatic carbocycles. The van der Waals surface area contributed by atoms with Crippen molar-refractivity contribution in [3.05, 3.63) is 48.5 Å². The monoisotopic (exact) mass is 530 g/mol. The molecule has 2 N–H and O–H groups in total. The van der Waals surface area contributed by atoms with Gasteiger partial charge in [0.2, 0.25) is 21.9 Å². The highest BCUT2D eigenvalue weighted by Crippen LogP contribution is 2.37. The number of aryl methyl sites for hydroxylation is 1. The summed E-state index contributed by atoms with van der Waals surface area (Å²) in [4.78, 5) is 8.02. The quantitative estimate of drug-likeness (QED) is 0.303. The minimum absolute atomic E-state index is 0.0562. The molecule has 4 rings (SSSR count). The van der Waals surface area contributed by atoms with Gasteiger partial charge in [-0.1, -0.05) is 6.07 Å². The van der Waals surface area contributed by atoms with Crippen LogP contribution in [0.25, 0.3) is 17.2 Å². The first kappa shape index (κ1) is 25.8. The van der Waals surface area contributed by atoms with E-state index >= 15 is 0 Å². The Labute approximate surface area is 212 Å². The van der Waals surface area contributed by atoms with Crippen LogP contribution in [0, 0.1) is 0 Å². The minimum Gasteiger partial charge on any atom is -0.494 e. The van der Waals surface area contributed by atoms with Crippen molar-refractivity contribution in [1.82, 2.24) is 34.5 Å². The summed E-state index contributed by atoms with van der Waals surface area (Å²) >= 11 is 0. The van der Waals surface area contributed by atoms with Crippen molar-refractivity contribution in [3.8, 4) is 34.6 Å². The van der Waals surface area contributed by atoms with E-state index in [-0.39, 0.29) is 23.3 Å². The molecule has 2 atom stereocenters. The summed E-state index contributed by atoms with van der Waals surface area (Å²) in [6.45, 7) is 1.34. The Morgan fingerprint density at radius 3 is 2.24 bits per heavy atom. The van der Waals surface area contributed by atoms with Gasteiger partial charge in [-0.2, -0.15) is 5.10 Å². The van der Waals surface area contributed by atoms with Crippen LogP contribution in [0.5, 0.6) is 17.4 Å². The molecule has 0 radical (unpaired) electrons. The number of methoxy groups -OCH3 is 3. The summed E-state index contributed by atoms with van der Waals surface area (Å²) in [7, 11) is 1.87. The first-order chi connectivity index (χ1) is 17.7. The van der Waals surface area contributed by atoms with E-state index in [0.29, 0.717) is 22.9 Å². The van der Waals surface area contributed by atoms with E-state index in [1.165, 1.54) is 45.2 Å². The number of nitrogens with zero attached hydrogens (tertiary/aromatic N) is 7. The Hall–Kier alpha value is -4.24. The van der Waals surface area contributed by atoms with Crippen LogP contribution in [-0.2, 0) is 17.1 Å². The number of aliphatic hydroxyl groups excluding tert-OH is 1. The predicted octanol–water partition coefficient (Wildman–Crippen LogP) is 1.35. The summed E-state index contributed by atoms with van der Waals surface area (Å²) in [5, 5.41) is 22.1. The SMILES string of the molecule is COc1cnc([C@H](O)[C@@H](C)S(=O)(=O)Nc2nnc(-c3ccn(C)n3)n2-c2c(OC)cccc2OC)cn1. The minimum atomic E-state index is -4.24. The second-order valence-corrected chi connectivity index (χ2v) is 9.89. The molecule has 0 saturated carbocycles. The number of benzene rings is 1. The first-order valence-corrected chi connectivity index (χ1v) is 12.5. The molecule has 14 nitrogen and oxygen atoms in total. The van der Waals surface area contributed by atoms with Crippen LogP contribution < -0.4 is 18.9 Å². The van der Waals surface area contributed by atoms with Gasteiger partial charge in [-0.15, -0.1) is 10.2 Å². The average Bonchev–Trinajstić information content (AvgIpc) is 3.52. The molecule has 0 aliphatic heterocycles. The van der Waals surface area contributed by atoms with Gasteiger partial charge in [0.1, 0.15) is 34.2 Å².